The fourth-order valence-electron chi connectivity index (χ4n) is 1.95. The summed E-state index contributed by atoms with van der Waals surface area (Å²) in [5.74, 6) is -0.345. The Balaban J connectivity index is 1.99. The minimum Gasteiger partial charge on any atom is -0.469 e. The maximum Gasteiger partial charge on any atom is 0.308 e. The van der Waals surface area contributed by atoms with Gasteiger partial charge < -0.3 is 18.8 Å². The number of nitrogens with zero attached hydrogens (tertiary/aromatic N) is 2. The van der Waals surface area contributed by atoms with Crippen LogP contribution >= 0.6 is 0 Å². The molecule has 7 heteroatoms. The molecule has 1 saturated heterocycles. The van der Waals surface area contributed by atoms with Gasteiger partial charge in [0.05, 0.1) is 31.9 Å². The molecule has 1 amide bonds. The van der Waals surface area contributed by atoms with Gasteiger partial charge in [0, 0.05) is 13.1 Å². The summed E-state index contributed by atoms with van der Waals surface area (Å²) < 4.78 is 15.1. The molecule has 0 N–H and O–H groups in total. The van der Waals surface area contributed by atoms with Crippen molar-refractivity contribution in [2.24, 2.45) is 0 Å². The summed E-state index contributed by atoms with van der Waals surface area (Å²) in [7, 11) is 1.33. The number of aromatic nitrogens is 1. The van der Waals surface area contributed by atoms with Gasteiger partial charge in [-0.2, -0.15) is 0 Å². The second-order valence-corrected chi connectivity index (χ2v) is 4.29. The molecule has 1 aliphatic heterocycles. The number of aryl methyl sites for hydroxylation is 1. The van der Waals surface area contributed by atoms with Crippen molar-refractivity contribution in [1.29, 1.82) is 0 Å². The lowest BCUT2D eigenvalue weighted by molar-refractivity contribution is -0.145. The van der Waals surface area contributed by atoms with Crippen LogP contribution in [0.2, 0.25) is 0 Å². The number of rotatable bonds is 3. The highest BCUT2D eigenvalue weighted by Crippen LogP contribution is 2.15. The first-order chi connectivity index (χ1) is 9.11. The fourth-order valence-corrected chi connectivity index (χ4v) is 1.95. The zero-order chi connectivity index (χ0) is 13.8. The largest absolute Gasteiger partial charge is 0.469 e. The monoisotopic (exact) mass is 268 g/mol. The molecular weight excluding hydrogens is 252 g/mol. The molecule has 2 heterocycles. The molecule has 104 valence electrons. The van der Waals surface area contributed by atoms with Crippen molar-refractivity contribution in [2.45, 2.75) is 19.4 Å². The molecule has 1 aliphatic rings. The Kier molecular flexibility index (Phi) is 4.16. The van der Waals surface area contributed by atoms with Crippen molar-refractivity contribution in [1.82, 2.24) is 9.88 Å². The van der Waals surface area contributed by atoms with Crippen LogP contribution in [0.15, 0.2) is 10.8 Å². The van der Waals surface area contributed by atoms with Gasteiger partial charge in [-0.05, 0) is 6.92 Å². The van der Waals surface area contributed by atoms with Gasteiger partial charge in [-0.3, -0.25) is 9.59 Å². The van der Waals surface area contributed by atoms with E-state index in [0.29, 0.717) is 25.4 Å². The Hall–Kier alpha value is -1.89. The van der Waals surface area contributed by atoms with Gasteiger partial charge in [0.2, 0.25) is 5.76 Å². The van der Waals surface area contributed by atoms with Crippen molar-refractivity contribution in [3.63, 3.8) is 0 Å². The van der Waals surface area contributed by atoms with Crippen LogP contribution in [0.4, 0.5) is 0 Å². The van der Waals surface area contributed by atoms with E-state index in [0.717, 1.165) is 0 Å². The van der Waals surface area contributed by atoms with Gasteiger partial charge in [0.15, 0.2) is 6.39 Å². The summed E-state index contributed by atoms with van der Waals surface area (Å²) >= 11 is 0. The van der Waals surface area contributed by atoms with Crippen LogP contribution < -0.4 is 0 Å². The van der Waals surface area contributed by atoms with Crippen LogP contribution in [0.1, 0.15) is 22.7 Å². The molecular formula is C12H16N2O5. The third kappa shape index (κ3) is 3.11. The predicted molar refractivity (Wildman–Crippen MR) is 63.5 cm³/mol. The summed E-state index contributed by atoms with van der Waals surface area (Å²) in [4.78, 5) is 28.9. The topological polar surface area (TPSA) is 81.9 Å². The van der Waals surface area contributed by atoms with Crippen LogP contribution in [0.25, 0.3) is 0 Å². The molecule has 0 aromatic carbocycles. The lowest BCUT2D eigenvalue weighted by atomic mass is 10.2. The molecule has 7 nitrogen and oxygen atoms in total. The fraction of sp³-hybridized carbons (Fsp3) is 0.583. The lowest BCUT2D eigenvalue weighted by Gasteiger charge is -2.31. The lowest BCUT2D eigenvalue weighted by Crippen LogP contribution is -2.46. The summed E-state index contributed by atoms with van der Waals surface area (Å²) in [6.07, 6.45) is 1.04. The minimum absolute atomic E-state index is 0.135. The first kappa shape index (κ1) is 13.5. The molecule has 1 fully saturated rings. The Morgan fingerprint density at radius 1 is 1.58 bits per heavy atom. The Morgan fingerprint density at radius 3 is 3.00 bits per heavy atom. The van der Waals surface area contributed by atoms with E-state index in [-0.39, 0.29) is 30.2 Å². The minimum atomic E-state index is -0.352. The van der Waals surface area contributed by atoms with E-state index in [4.69, 9.17) is 9.15 Å². The molecule has 1 atom stereocenters. The normalized spacial score (nSPS) is 19.3. The molecule has 0 aliphatic carbocycles. The number of methoxy groups -OCH3 is 1. The second-order valence-electron chi connectivity index (χ2n) is 4.29. The number of hydrogen-bond acceptors (Lipinski definition) is 6. The van der Waals surface area contributed by atoms with Gasteiger partial charge in [-0.15, -0.1) is 0 Å². The summed E-state index contributed by atoms with van der Waals surface area (Å²) in [6, 6.07) is 0. The number of esters is 1. The van der Waals surface area contributed by atoms with Gasteiger partial charge >= 0.3 is 5.97 Å². The molecule has 0 saturated carbocycles. The Bertz CT molecular complexity index is 470. The maximum absolute atomic E-state index is 12.2. The van der Waals surface area contributed by atoms with Gasteiger partial charge in [0.1, 0.15) is 0 Å². The molecule has 2 rings (SSSR count). The smallest absolute Gasteiger partial charge is 0.308 e. The average Bonchev–Trinajstić information content (AvgIpc) is 2.84. The van der Waals surface area contributed by atoms with Crippen LogP contribution in [-0.4, -0.2) is 54.7 Å². The third-order valence-electron chi connectivity index (χ3n) is 2.99. The van der Waals surface area contributed by atoms with E-state index in [1.165, 1.54) is 13.5 Å². The van der Waals surface area contributed by atoms with Crippen molar-refractivity contribution < 1.29 is 23.5 Å². The molecule has 0 radical (unpaired) electrons. The van der Waals surface area contributed by atoms with Gasteiger partial charge in [0.25, 0.3) is 5.91 Å². The zero-order valence-corrected chi connectivity index (χ0v) is 10.9. The van der Waals surface area contributed by atoms with Crippen molar-refractivity contribution >= 4 is 11.9 Å². The highest BCUT2D eigenvalue weighted by Gasteiger charge is 2.29. The predicted octanol–water partition coefficient (Wildman–Crippen LogP) is 0.387. The number of hydrogen-bond donors (Lipinski definition) is 0. The number of carbonyl (C=O) groups excluding carboxylic acids is 2. The molecule has 0 spiro atoms. The van der Waals surface area contributed by atoms with E-state index < -0.39 is 0 Å². The van der Waals surface area contributed by atoms with E-state index >= 15 is 0 Å². The third-order valence-corrected chi connectivity index (χ3v) is 2.99. The van der Waals surface area contributed by atoms with Crippen LogP contribution in [-0.2, 0) is 14.3 Å². The Morgan fingerprint density at radius 2 is 2.37 bits per heavy atom. The number of oxazole rings is 1. The van der Waals surface area contributed by atoms with Crippen molar-refractivity contribution in [3.05, 3.63) is 17.8 Å². The number of morpholine rings is 1. The van der Waals surface area contributed by atoms with Crippen molar-refractivity contribution in [3.8, 4) is 0 Å². The van der Waals surface area contributed by atoms with Crippen LogP contribution in [0, 0.1) is 6.92 Å². The highest BCUT2D eigenvalue weighted by atomic mass is 16.5. The highest BCUT2D eigenvalue weighted by molar-refractivity contribution is 5.92. The number of amides is 1. The molecule has 19 heavy (non-hydrogen) atoms. The van der Waals surface area contributed by atoms with E-state index in [9.17, 15) is 9.59 Å². The maximum atomic E-state index is 12.2. The Labute approximate surface area is 110 Å². The van der Waals surface area contributed by atoms with Crippen molar-refractivity contribution in [2.75, 3.05) is 26.8 Å². The molecule has 0 bridgehead atoms. The SMILES string of the molecule is COC(=O)CC1CN(C(=O)c2ocnc2C)CCO1. The zero-order valence-electron chi connectivity index (χ0n) is 10.9. The standard InChI is InChI=1S/C12H16N2O5/c1-8-11(19-7-13-8)12(16)14-3-4-18-9(6-14)5-10(15)17-2/h7,9H,3-6H2,1-2H3. The summed E-state index contributed by atoms with van der Waals surface area (Å²) in [6.45, 7) is 2.91. The quantitative estimate of drug-likeness (QED) is 0.737. The number of ether oxygens (including phenoxy) is 2. The summed E-state index contributed by atoms with van der Waals surface area (Å²) in [5, 5.41) is 0. The van der Waals surface area contributed by atoms with E-state index in [1.54, 1.807) is 11.8 Å². The van der Waals surface area contributed by atoms with Crippen LogP contribution in [0.3, 0.4) is 0 Å². The number of carbonyl (C=O) groups is 2. The van der Waals surface area contributed by atoms with Crippen LogP contribution in [0.5, 0.6) is 0 Å². The van der Waals surface area contributed by atoms with E-state index in [2.05, 4.69) is 9.72 Å². The first-order valence-corrected chi connectivity index (χ1v) is 5.99. The first-order valence-electron chi connectivity index (χ1n) is 5.99. The summed E-state index contributed by atoms with van der Waals surface area (Å²) in [5.41, 5.74) is 0.556. The van der Waals surface area contributed by atoms with Gasteiger partial charge in [-0.1, -0.05) is 0 Å². The molecule has 1 aromatic heterocycles. The molecule has 1 unspecified atom stereocenters. The van der Waals surface area contributed by atoms with Gasteiger partial charge in [-0.25, -0.2) is 4.98 Å². The average molecular weight is 268 g/mol. The molecule has 1 aromatic rings. The van der Waals surface area contributed by atoms with E-state index in [1.807, 2.05) is 0 Å². The second kappa shape index (κ2) is 5.83.